The molecule has 0 saturated carbocycles. The van der Waals surface area contributed by atoms with Crippen molar-refractivity contribution in [2.75, 3.05) is 0 Å². The lowest BCUT2D eigenvalue weighted by Gasteiger charge is -1.98. The van der Waals surface area contributed by atoms with E-state index in [0.717, 1.165) is 16.8 Å². The van der Waals surface area contributed by atoms with Crippen LogP contribution in [0.2, 0.25) is 0 Å². The van der Waals surface area contributed by atoms with Crippen LogP contribution in [-0.2, 0) is 0 Å². The molecule has 1 aliphatic rings. The van der Waals surface area contributed by atoms with Crippen LogP contribution in [0.3, 0.4) is 0 Å². The summed E-state index contributed by atoms with van der Waals surface area (Å²) in [5.41, 5.74) is 3.03. The Morgan fingerprint density at radius 3 is 2.44 bits per heavy atom. The first-order chi connectivity index (χ1) is 7.86. The fourth-order valence-corrected chi connectivity index (χ4v) is 1.97. The van der Waals surface area contributed by atoms with E-state index in [4.69, 9.17) is 0 Å². The minimum absolute atomic E-state index is 0.0226. The molecule has 0 N–H and O–H groups in total. The second-order valence-electron chi connectivity index (χ2n) is 3.72. The number of aromatic nitrogens is 1. The molecule has 1 aromatic carbocycles. The molecule has 0 aliphatic carbocycles. The SMILES string of the molecule is O=C1C=C(c2ccccc2)c2cccc[n+]21. The summed E-state index contributed by atoms with van der Waals surface area (Å²) >= 11 is 0. The normalized spacial score (nSPS) is 13.5. The fraction of sp³-hybridized carbons (Fsp3) is 0. The van der Waals surface area contributed by atoms with Crippen molar-refractivity contribution in [3.05, 3.63) is 72.1 Å². The van der Waals surface area contributed by atoms with Gasteiger partial charge in [0.1, 0.15) is 0 Å². The van der Waals surface area contributed by atoms with Gasteiger partial charge in [-0.15, -0.1) is 4.57 Å². The number of fused-ring (bicyclic) bond motifs is 1. The van der Waals surface area contributed by atoms with Crippen molar-refractivity contribution >= 4 is 11.5 Å². The van der Waals surface area contributed by atoms with E-state index in [2.05, 4.69) is 0 Å². The Labute approximate surface area is 93.5 Å². The third-order valence-corrected chi connectivity index (χ3v) is 2.73. The van der Waals surface area contributed by atoms with Crippen LogP contribution in [0.25, 0.3) is 5.57 Å². The van der Waals surface area contributed by atoms with Crippen LogP contribution in [0.4, 0.5) is 0 Å². The lowest BCUT2D eigenvalue weighted by molar-refractivity contribution is -0.569. The highest BCUT2D eigenvalue weighted by Gasteiger charge is 2.29. The number of carbonyl (C=O) groups is 1. The second-order valence-corrected chi connectivity index (χ2v) is 3.72. The lowest BCUT2D eigenvalue weighted by atomic mass is 10.0. The van der Waals surface area contributed by atoms with Gasteiger partial charge in [0, 0.05) is 12.1 Å². The number of hydrogen-bond donors (Lipinski definition) is 0. The highest BCUT2D eigenvalue weighted by atomic mass is 16.2. The smallest absolute Gasteiger partial charge is 0.214 e. The van der Waals surface area contributed by atoms with Crippen molar-refractivity contribution in [3.8, 4) is 0 Å². The van der Waals surface area contributed by atoms with Gasteiger partial charge in [0.2, 0.25) is 5.69 Å². The summed E-state index contributed by atoms with van der Waals surface area (Å²) in [6.45, 7) is 0. The van der Waals surface area contributed by atoms with Crippen LogP contribution in [0, 0.1) is 0 Å². The molecule has 0 bridgehead atoms. The fourth-order valence-electron chi connectivity index (χ4n) is 1.97. The molecule has 1 aromatic heterocycles. The van der Waals surface area contributed by atoms with Gasteiger partial charge in [0.15, 0.2) is 6.20 Å². The number of benzene rings is 1. The predicted octanol–water partition coefficient (Wildman–Crippen LogP) is 2.06. The first kappa shape index (κ1) is 9.04. The summed E-state index contributed by atoms with van der Waals surface area (Å²) < 4.78 is 1.67. The van der Waals surface area contributed by atoms with Gasteiger partial charge in [0.25, 0.3) is 0 Å². The standard InChI is InChI=1S/C14H10NO/c16-14-10-12(11-6-2-1-3-7-11)13-8-4-5-9-15(13)14/h1-10H/q+1. The van der Waals surface area contributed by atoms with Crippen molar-refractivity contribution in [3.63, 3.8) is 0 Å². The number of allylic oxidation sites excluding steroid dienone is 1. The number of nitrogens with zero attached hydrogens (tertiary/aromatic N) is 1. The van der Waals surface area contributed by atoms with Gasteiger partial charge in [-0.2, -0.15) is 0 Å². The molecule has 2 aromatic rings. The molecule has 2 heteroatoms. The van der Waals surface area contributed by atoms with Gasteiger partial charge in [-0.3, -0.25) is 0 Å². The first-order valence-corrected chi connectivity index (χ1v) is 5.19. The zero-order valence-corrected chi connectivity index (χ0v) is 8.63. The molecule has 0 atom stereocenters. The molecule has 1 aliphatic heterocycles. The van der Waals surface area contributed by atoms with Gasteiger partial charge < -0.3 is 0 Å². The summed E-state index contributed by atoms with van der Waals surface area (Å²) in [7, 11) is 0. The summed E-state index contributed by atoms with van der Waals surface area (Å²) in [4.78, 5) is 11.7. The monoisotopic (exact) mass is 208 g/mol. The Morgan fingerprint density at radius 2 is 1.62 bits per heavy atom. The van der Waals surface area contributed by atoms with E-state index >= 15 is 0 Å². The maximum Gasteiger partial charge on any atom is 0.418 e. The van der Waals surface area contributed by atoms with Gasteiger partial charge >= 0.3 is 5.91 Å². The number of hydrogen-bond acceptors (Lipinski definition) is 1. The summed E-state index contributed by atoms with van der Waals surface area (Å²) in [5.74, 6) is 0.0226. The Bertz CT molecular complexity index is 585. The molecule has 0 saturated heterocycles. The van der Waals surface area contributed by atoms with Crippen LogP contribution in [0.5, 0.6) is 0 Å². The Morgan fingerprint density at radius 1 is 0.875 bits per heavy atom. The van der Waals surface area contributed by atoms with Gasteiger partial charge in [-0.05, 0) is 11.6 Å². The maximum atomic E-state index is 11.7. The minimum atomic E-state index is 0.0226. The molecule has 0 radical (unpaired) electrons. The van der Waals surface area contributed by atoms with Crippen molar-refractivity contribution in [2.45, 2.75) is 0 Å². The average Bonchev–Trinajstić information content (AvgIpc) is 2.69. The van der Waals surface area contributed by atoms with E-state index in [1.807, 2.05) is 48.5 Å². The number of pyridine rings is 1. The van der Waals surface area contributed by atoms with Gasteiger partial charge in [-0.1, -0.05) is 30.3 Å². The Kier molecular flexibility index (Phi) is 1.93. The van der Waals surface area contributed by atoms with Crippen LogP contribution >= 0.6 is 0 Å². The largest absolute Gasteiger partial charge is 0.418 e. The predicted molar refractivity (Wildman–Crippen MR) is 60.8 cm³/mol. The van der Waals surface area contributed by atoms with Gasteiger partial charge in [0.05, 0.1) is 11.6 Å². The third kappa shape index (κ3) is 1.27. The third-order valence-electron chi connectivity index (χ3n) is 2.73. The zero-order valence-electron chi connectivity index (χ0n) is 8.63. The van der Waals surface area contributed by atoms with E-state index in [1.54, 1.807) is 16.8 Å². The van der Waals surface area contributed by atoms with Gasteiger partial charge in [-0.25, -0.2) is 4.79 Å². The van der Waals surface area contributed by atoms with E-state index in [-0.39, 0.29) is 5.91 Å². The van der Waals surface area contributed by atoms with Crippen LogP contribution in [0.1, 0.15) is 16.1 Å². The van der Waals surface area contributed by atoms with E-state index in [1.165, 1.54) is 0 Å². The summed E-state index contributed by atoms with van der Waals surface area (Å²) in [6, 6.07) is 15.7. The minimum Gasteiger partial charge on any atom is -0.214 e. The topological polar surface area (TPSA) is 20.9 Å². The van der Waals surface area contributed by atoms with E-state index in [9.17, 15) is 4.79 Å². The molecule has 0 unspecified atom stereocenters. The van der Waals surface area contributed by atoms with Crippen LogP contribution in [-0.4, -0.2) is 5.91 Å². The van der Waals surface area contributed by atoms with Crippen LogP contribution in [0.15, 0.2) is 60.8 Å². The molecule has 76 valence electrons. The van der Waals surface area contributed by atoms with E-state index in [0.29, 0.717) is 0 Å². The molecule has 2 nitrogen and oxygen atoms in total. The molecular formula is C14H10NO+. The summed E-state index contributed by atoms with van der Waals surface area (Å²) in [5, 5.41) is 0. The molecule has 2 heterocycles. The zero-order chi connectivity index (χ0) is 11.0. The first-order valence-electron chi connectivity index (χ1n) is 5.19. The molecule has 3 rings (SSSR count). The maximum absolute atomic E-state index is 11.7. The molecular weight excluding hydrogens is 198 g/mol. The highest BCUT2D eigenvalue weighted by Crippen LogP contribution is 2.23. The average molecular weight is 208 g/mol. The highest BCUT2D eigenvalue weighted by molar-refractivity contribution is 5.98. The molecule has 16 heavy (non-hydrogen) atoms. The lowest BCUT2D eigenvalue weighted by Crippen LogP contribution is -2.40. The summed E-state index contributed by atoms with van der Waals surface area (Å²) in [6.07, 6.45) is 3.48. The van der Waals surface area contributed by atoms with Crippen LogP contribution < -0.4 is 4.57 Å². The molecule has 0 fully saturated rings. The molecule has 0 amide bonds. The second kappa shape index (κ2) is 3.42. The molecule has 0 spiro atoms. The quantitative estimate of drug-likeness (QED) is 0.657. The Balaban J connectivity index is 2.19. The van der Waals surface area contributed by atoms with E-state index < -0.39 is 0 Å². The number of carbonyl (C=O) groups excluding carboxylic acids is 1. The van der Waals surface area contributed by atoms with Crippen molar-refractivity contribution in [2.24, 2.45) is 0 Å². The van der Waals surface area contributed by atoms with Crippen molar-refractivity contribution in [1.82, 2.24) is 0 Å². The Hall–Kier alpha value is -2.22. The van der Waals surface area contributed by atoms with Crippen molar-refractivity contribution in [1.29, 1.82) is 0 Å². The van der Waals surface area contributed by atoms with Crippen molar-refractivity contribution < 1.29 is 9.36 Å². The number of rotatable bonds is 1.